The molecule has 3 N–H and O–H groups in total. The molecule has 0 spiro atoms. The highest BCUT2D eigenvalue weighted by Crippen LogP contribution is 2.26. The van der Waals surface area contributed by atoms with Gasteiger partial charge in [-0.25, -0.2) is 4.79 Å². The number of nitrogens with one attached hydrogen (secondary N) is 2. The first kappa shape index (κ1) is 16.0. The maximum Gasteiger partial charge on any atom is 0.319 e. The minimum Gasteiger partial charge on any atom is -0.504 e. The number of carbonyl (C=O) groups is 1. The maximum atomic E-state index is 11.9. The number of amides is 2. The standard InChI is InChI=1S/C16H18N2O3S/c1-21-15-8-11(6-7-14(15)19)10-17-16(20)18-12-4-3-5-13(9-12)22-2/h3-9,19H,10H2,1-2H3,(H2,17,18,20). The number of ether oxygens (including phenoxy) is 1. The van der Waals surface area contributed by atoms with Crippen LogP contribution < -0.4 is 15.4 Å². The molecule has 0 fully saturated rings. The van der Waals surface area contributed by atoms with Gasteiger partial charge in [-0.2, -0.15) is 0 Å². The summed E-state index contributed by atoms with van der Waals surface area (Å²) in [5, 5.41) is 15.1. The summed E-state index contributed by atoms with van der Waals surface area (Å²) in [7, 11) is 1.48. The third kappa shape index (κ3) is 4.33. The Balaban J connectivity index is 1.92. The van der Waals surface area contributed by atoms with Crippen molar-refractivity contribution in [3.63, 3.8) is 0 Å². The number of benzene rings is 2. The van der Waals surface area contributed by atoms with Crippen molar-refractivity contribution in [1.29, 1.82) is 0 Å². The Morgan fingerprint density at radius 1 is 1.27 bits per heavy atom. The van der Waals surface area contributed by atoms with E-state index in [1.807, 2.05) is 30.5 Å². The number of rotatable bonds is 5. The molecule has 0 unspecified atom stereocenters. The van der Waals surface area contributed by atoms with E-state index >= 15 is 0 Å². The van der Waals surface area contributed by atoms with Crippen LogP contribution in [0.3, 0.4) is 0 Å². The molecule has 0 aliphatic heterocycles. The van der Waals surface area contributed by atoms with Crippen LogP contribution in [0, 0.1) is 0 Å². The summed E-state index contributed by atoms with van der Waals surface area (Å²) in [5.74, 6) is 0.456. The summed E-state index contributed by atoms with van der Waals surface area (Å²) in [5.41, 5.74) is 1.58. The minimum absolute atomic E-state index is 0.0737. The smallest absolute Gasteiger partial charge is 0.319 e. The van der Waals surface area contributed by atoms with E-state index < -0.39 is 0 Å². The van der Waals surface area contributed by atoms with Crippen LogP contribution >= 0.6 is 11.8 Å². The van der Waals surface area contributed by atoms with E-state index in [1.165, 1.54) is 13.2 Å². The van der Waals surface area contributed by atoms with Crippen LogP contribution in [0.1, 0.15) is 5.56 Å². The first-order chi connectivity index (χ1) is 10.6. The van der Waals surface area contributed by atoms with Crippen molar-refractivity contribution >= 4 is 23.5 Å². The number of hydrogen-bond donors (Lipinski definition) is 3. The van der Waals surface area contributed by atoms with E-state index in [9.17, 15) is 9.90 Å². The summed E-state index contributed by atoms with van der Waals surface area (Å²) < 4.78 is 5.03. The molecule has 2 rings (SSSR count). The van der Waals surface area contributed by atoms with Crippen LogP contribution in [-0.4, -0.2) is 24.5 Å². The van der Waals surface area contributed by atoms with Gasteiger partial charge in [0, 0.05) is 17.1 Å². The summed E-state index contributed by atoms with van der Waals surface area (Å²) >= 11 is 1.62. The third-order valence-corrected chi connectivity index (χ3v) is 3.75. The average molecular weight is 318 g/mol. The van der Waals surface area contributed by atoms with E-state index in [0.717, 1.165) is 16.1 Å². The Hall–Kier alpha value is -2.34. The molecule has 22 heavy (non-hydrogen) atoms. The summed E-state index contributed by atoms with van der Waals surface area (Å²) in [6.45, 7) is 0.338. The van der Waals surface area contributed by atoms with Crippen molar-refractivity contribution in [2.24, 2.45) is 0 Å². The van der Waals surface area contributed by atoms with Crippen LogP contribution in [0.25, 0.3) is 0 Å². The van der Waals surface area contributed by atoms with E-state index in [1.54, 1.807) is 23.9 Å². The second-order valence-electron chi connectivity index (χ2n) is 4.55. The van der Waals surface area contributed by atoms with Crippen LogP contribution in [0.15, 0.2) is 47.4 Å². The van der Waals surface area contributed by atoms with Gasteiger partial charge in [0.05, 0.1) is 7.11 Å². The van der Waals surface area contributed by atoms with E-state index in [2.05, 4.69) is 10.6 Å². The molecule has 2 aromatic rings. The number of anilines is 1. The molecule has 0 heterocycles. The summed E-state index contributed by atoms with van der Waals surface area (Å²) in [6.07, 6.45) is 1.98. The molecule has 2 amide bonds. The fraction of sp³-hybridized carbons (Fsp3) is 0.188. The van der Waals surface area contributed by atoms with Gasteiger partial charge in [-0.15, -0.1) is 11.8 Å². The molecule has 0 aromatic heterocycles. The van der Waals surface area contributed by atoms with E-state index in [0.29, 0.717) is 12.3 Å². The number of aromatic hydroxyl groups is 1. The zero-order valence-electron chi connectivity index (χ0n) is 12.4. The van der Waals surface area contributed by atoms with Gasteiger partial charge >= 0.3 is 6.03 Å². The van der Waals surface area contributed by atoms with E-state index in [-0.39, 0.29) is 11.8 Å². The third-order valence-electron chi connectivity index (χ3n) is 3.02. The second kappa shape index (κ2) is 7.61. The number of hydrogen-bond acceptors (Lipinski definition) is 4. The predicted octanol–water partition coefficient (Wildman–Crippen LogP) is 3.44. The van der Waals surface area contributed by atoms with Crippen molar-refractivity contribution < 1.29 is 14.6 Å². The molecule has 0 bridgehead atoms. The molecule has 0 saturated carbocycles. The van der Waals surface area contributed by atoms with Gasteiger partial charge in [0.1, 0.15) is 0 Å². The highest BCUT2D eigenvalue weighted by molar-refractivity contribution is 7.98. The summed E-state index contributed by atoms with van der Waals surface area (Å²) in [4.78, 5) is 13.0. The lowest BCUT2D eigenvalue weighted by atomic mass is 10.2. The number of thioether (sulfide) groups is 1. The highest BCUT2D eigenvalue weighted by Gasteiger charge is 2.05. The molecule has 0 atom stereocenters. The molecule has 0 aliphatic rings. The van der Waals surface area contributed by atoms with E-state index in [4.69, 9.17) is 4.74 Å². The zero-order valence-corrected chi connectivity index (χ0v) is 13.2. The normalized spacial score (nSPS) is 10.1. The Labute approximate surface area is 133 Å². The Morgan fingerprint density at radius 3 is 2.82 bits per heavy atom. The molecule has 116 valence electrons. The lowest BCUT2D eigenvalue weighted by molar-refractivity contribution is 0.251. The molecular weight excluding hydrogens is 300 g/mol. The molecule has 6 heteroatoms. The van der Waals surface area contributed by atoms with Gasteiger partial charge in [-0.1, -0.05) is 12.1 Å². The largest absolute Gasteiger partial charge is 0.504 e. The van der Waals surface area contributed by atoms with Crippen LogP contribution in [0.2, 0.25) is 0 Å². The number of carbonyl (C=O) groups excluding carboxylic acids is 1. The molecule has 2 aromatic carbocycles. The van der Waals surface area contributed by atoms with Crippen molar-refractivity contribution in [2.75, 3.05) is 18.7 Å². The second-order valence-corrected chi connectivity index (χ2v) is 5.43. The first-order valence-corrected chi connectivity index (χ1v) is 7.89. The van der Waals surface area contributed by atoms with Gasteiger partial charge in [-0.3, -0.25) is 0 Å². The Kier molecular flexibility index (Phi) is 5.55. The quantitative estimate of drug-likeness (QED) is 0.739. The fourth-order valence-corrected chi connectivity index (χ4v) is 2.35. The molecule has 0 aliphatic carbocycles. The van der Waals surface area contributed by atoms with Crippen LogP contribution in [0.4, 0.5) is 10.5 Å². The van der Waals surface area contributed by atoms with Crippen molar-refractivity contribution in [3.05, 3.63) is 48.0 Å². The van der Waals surface area contributed by atoms with Crippen LogP contribution in [0.5, 0.6) is 11.5 Å². The Bertz CT molecular complexity index is 662. The molecular formula is C16H18N2O3S. The monoisotopic (exact) mass is 318 g/mol. The predicted molar refractivity (Wildman–Crippen MR) is 88.7 cm³/mol. The topological polar surface area (TPSA) is 70.6 Å². The van der Waals surface area contributed by atoms with Gasteiger partial charge in [0.25, 0.3) is 0 Å². The van der Waals surface area contributed by atoms with Gasteiger partial charge < -0.3 is 20.5 Å². The van der Waals surface area contributed by atoms with Crippen molar-refractivity contribution in [3.8, 4) is 11.5 Å². The molecule has 0 radical (unpaired) electrons. The summed E-state index contributed by atoms with van der Waals surface area (Å²) in [6, 6.07) is 12.3. The number of urea groups is 1. The van der Waals surface area contributed by atoms with Crippen molar-refractivity contribution in [2.45, 2.75) is 11.4 Å². The maximum absolute atomic E-state index is 11.9. The molecule has 5 nitrogen and oxygen atoms in total. The number of methoxy groups -OCH3 is 1. The average Bonchev–Trinajstić information content (AvgIpc) is 2.54. The van der Waals surface area contributed by atoms with Gasteiger partial charge in [0.15, 0.2) is 11.5 Å². The van der Waals surface area contributed by atoms with Crippen molar-refractivity contribution in [1.82, 2.24) is 5.32 Å². The zero-order chi connectivity index (χ0) is 15.9. The Morgan fingerprint density at radius 2 is 2.09 bits per heavy atom. The first-order valence-electron chi connectivity index (χ1n) is 6.67. The lowest BCUT2D eigenvalue weighted by Gasteiger charge is -2.10. The number of phenols is 1. The van der Waals surface area contributed by atoms with Crippen LogP contribution in [-0.2, 0) is 6.54 Å². The minimum atomic E-state index is -0.287. The van der Waals surface area contributed by atoms with Gasteiger partial charge in [0.2, 0.25) is 0 Å². The number of phenolic OH excluding ortho intramolecular Hbond substituents is 1. The SMILES string of the molecule is COc1cc(CNC(=O)Nc2cccc(SC)c2)ccc1O. The molecule has 0 saturated heterocycles. The fourth-order valence-electron chi connectivity index (χ4n) is 1.89. The van der Waals surface area contributed by atoms with Gasteiger partial charge in [-0.05, 0) is 42.2 Å². The highest BCUT2D eigenvalue weighted by atomic mass is 32.2. The lowest BCUT2D eigenvalue weighted by Crippen LogP contribution is -2.28.